The number of cyclic esters (lactones) is 1. The Labute approximate surface area is 120 Å². The Bertz CT molecular complexity index is 601. The van der Waals surface area contributed by atoms with E-state index in [2.05, 4.69) is 15.5 Å². The second-order valence-electron chi connectivity index (χ2n) is 4.69. The van der Waals surface area contributed by atoms with Crippen molar-refractivity contribution < 1.29 is 9.53 Å². The molecule has 1 aliphatic heterocycles. The van der Waals surface area contributed by atoms with E-state index in [1.54, 1.807) is 4.68 Å². The molecule has 0 aliphatic carbocycles. The van der Waals surface area contributed by atoms with Crippen molar-refractivity contribution in [3.8, 4) is 0 Å². The zero-order valence-electron chi connectivity index (χ0n) is 11.0. The fraction of sp³-hybridized carbons (Fsp3) is 0.385. The molecule has 2 atom stereocenters. The van der Waals surface area contributed by atoms with Crippen LogP contribution in [0.25, 0.3) is 0 Å². The highest BCUT2D eigenvalue weighted by atomic mass is 32.2. The van der Waals surface area contributed by atoms with Crippen LogP contribution < -0.4 is 0 Å². The Balaban J connectivity index is 1.72. The van der Waals surface area contributed by atoms with Crippen LogP contribution in [0.3, 0.4) is 0 Å². The lowest BCUT2D eigenvalue weighted by Gasteiger charge is -2.06. The van der Waals surface area contributed by atoms with Crippen molar-refractivity contribution in [1.82, 2.24) is 20.2 Å². The minimum absolute atomic E-state index is 0.0292. The largest absolute Gasteiger partial charge is 0.462 e. The normalized spacial score (nSPS) is 21.9. The van der Waals surface area contributed by atoms with Crippen LogP contribution in [0.5, 0.6) is 0 Å². The molecular formula is C13H14N4O2S. The summed E-state index contributed by atoms with van der Waals surface area (Å²) in [5.41, 5.74) is 1.11. The Hall–Kier alpha value is -1.89. The lowest BCUT2D eigenvalue weighted by molar-refractivity contribution is -0.140. The lowest BCUT2D eigenvalue weighted by atomic mass is 10.2. The van der Waals surface area contributed by atoms with E-state index >= 15 is 0 Å². The molecular weight excluding hydrogens is 276 g/mol. The summed E-state index contributed by atoms with van der Waals surface area (Å²) in [6.45, 7) is 2.49. The van der Waals surface area contributed by atoms with Gasteiger partial charge in [0.15, 0.2) is 0 Å². The van der Waals surface area contributed by atoms with Gasteiger partial charge in [-0.25, -0.2) is 4.68 Å². The van der Waals surface area contributed by atoms with Gasteiger partial charge >= 0.3 is 5.97 Å². The van der Waals surface area contributed by atoms with E-state index in [1.807, 2.05) is 37.3 Å². The van der Waals surface area contributed by atoms with Crippen molar-refractivity contribution in [3.05, 3.63) is 35.9 Å². The number of hydrogen-bond donors (Lipinski definition) is 0. The highest BCUT2D eigenvalue weighted by Crippen LogP contribution is 2.30. The van der Waals surface area contributed by atoms with Gasteiger partial charge in [-0.1, -0.05) is 42.1 Å². The minimum atomic E-state index is -0.217. The molecule has 0 unspecified atom stereocenters. The molecule has 1 aromatic carbocycles. The molecule has 20 heavy (non-hydrogen) atoms. The first kappa shape index (κ1) is 13.1. The van der Waals surface area contributed by atoms with Gasteiger partial charge in [-0.3, -0.25) is 4.79 Å². The Kier molecular flexibility index (Phi) is 3.68. The van der Waals surface area contributed by atoms with Gasteiger partial charge in [-0.05, 0) is 22.9 Å². The predicted octanol–water partition coefficient (Wildman–Crippen LogP) is 1.52. The van der Waals surface area contributed by atoms with Crippen molar-refractivity contribution in [2.24, 2.45) is 0 Å². The van der Waals surface area contributed by atoms with Crippen LogP contribution >= 0.6 is 11.8 Å². The van der Waals surface area contributed by atoms with Crippen molar-refractivity contribution in [1.29, 1.82) is 0 Å². The fourth-order valence-electron chi connectivity index (χ4n) is 2.08. The van der Waals surface area contributed by atoms with Crippen LogP contribution in [0.15, 0.2) is 35.5 Å². The average Bonchev–Trinajstić information content (AvgIpc) is 2.99. The number of thioether (sulfide) groups is 1. The summed E-state index contributed by atoms with van der Waals surface area (Å²) in [4.78, 5) is 11.7. The van der Waals surface area contributed by atoms with Crippen LogP contribution in [-0.4, -0.2) is 37.5 Å². The van der Waals surface area contributed by atoms with Gasteiger partial charge in [-0.2, -0.15) is 0 Å². The van der Waals surface area contributed by atoms with Crippen LogP contribution in [0.4, 0.5) is 0 Å². The monoisotopic (exact) mass is 290 g/mol. The minimum Gasteiger partial charge on any atom is -0.462 e. The number of nitrogens with zero attached hydrogens (tertiary/aromatic N) is 4. The molecule has 1 aliphatic rings. The van der Waals surface area contributed by atoms with E-state index in [0.29, 0.717) is 18.1 Å². The fourth-order valence-corrected chi connectivity index (χ4v) is 3.16. The zero-order valence-corrected chi connectivity index (χ0v) is 11.8. The molecule has 0 N–H and O–H groups in total. The molecule has 2 aromatic rings. The molecule has 6 nitrogen and oxygen atoms in total. The van der Waals surface area contributed by atoms with Gasteiger partial charge in [0.2, 0.25) is 5.16 Å². The SMILES string of the molecule is C[C@H]1C[C@H](Sc2nnnn2Cc2ccccc2)C(=O)O1. The third-order valence-corrected chi connectivity index (χ3v) is 4.22. The Morgan fingerprint density at radius 2 is 2.20 bits per heavy atom. The van der Waals surface area contributed by atoms with Crippen LogP contribution in [0.2, 0.25) is 0 Å². The number of ether oxygens (including phenoxy) is 1. The number of rotatable bonds is 4. The molecule has 1 saturated heterocycles. The van der Waals surface area contributed by atoms with Gasteiger partial charge in [0, 0.05) is 6.42 Å². The summed E-state index contributed by atoms with van der Waals surface area (Å²) in [5, 5.41) is 12.1. The zero-order chi connectivity index (χ0) is 13.9. The second-order valence-corrected chi connectivity index (χ2v) is 5.86. The van der Waals surface area contributed by atoms with Gasteiger partial charge in [0.25, 0.3) is 0 Å². The third kappa shape index (κ3) is 2.82. The smallest absolute Gasteiger partial charge is 0.319 e. The molecule has 3 rings (SSSR count). The number of tetrazole rings is 1. The number of esters is 1. The summed E-state index contributed by atoms with van der Waals surface area (Å²) in [5.74, 6) is -0.184. The quantitative estimate of drug-likeness (QED) is 0.795. The molecule has 7 heteroatoms. The predicted molar refractivity (Wildman–Crippen MR) is 73.2 cm³/mol. The molecule has 1 aromatic heterocycles. The van der Waals surface area contributed by atoms with Crippen LogP contribution in [0, 0.1) is 0 Å². The number of carbonyl (C=O) groups excluding carboxylic acids is 1. The summed E-state index contributed by atoms with van der Waals surface area (Å²) < 4.78 is 6.85. The van der Waals surface area contributed by atoms with Crippen molar-refractivity contribution >= 4 is 17.7 Å². The Morgan fingerprint density at radius 3 is 2.90 bits per heavy atom. The maximum atomic E-state index is 11.7. The topological polar surface area (TPSA) is 69.9 Å². The third-order valence-electron chi connectivity index (χ3n) is 3.05. The summed E-state index contributed by atoms with van der Waals surface area (Å²) in [6, 6.07) is 9.95. The van der Waals surface area contributed by atoms with E-state index in [0.717, 1.165) is 5.56 Å². The lowest BCUT2D eigenvalue weighted by Crippen LogP contribution is -2.12. The standard InChI is InChI=1S/C13H14N4O2S/c1-9-7-11(12(18)19-9)20-13-14-15-16-17(13)8-10-5-3-2-4-6-10/h2-6,9,11H,7-8H2,1H3/t9-,11-/m0/s1. The molecule has 0 spiro atoms. The van der Waals surface area contributed by atoms with Crippen molar-refractivity contribution in [3.63, 3.8) is 0 Å². The van der Waals surface area contributed by atoms with Crippen LogP contribution in [0.1, 0.15) is 18.9 Å². The van der Waals surface area contributed by atoms with Gasteiger partial charge in [0.05, 0.1) is 6.54 Å². The molecule has 1 fully saturated rings. The van der Waals surface area contributed by atoms with E-state index in [9.17, 15) is 4.79 Å². The van der Waals surface area contributed by atoms with E-state index < -0.39 is 0 Å². The van der Waals surface area contributed by atoms with Crippen LogP contribution in [-0.2, 0) is 16.1 Å². The van der Waals surface area contributed by atoms with Crippen molar-refractivity contribution in [2.75, 3.05) is 0 Å². The highest BCUT2D eigenvalue weighted by molar-refractivity contribution is 8.00. The van der Waals surface area contributed by atoms with Gasteiger partial charge in [-0.15, -0.1) is 5.10 Å². The average molecular weight is 290 g/mol. The molecule has 0 radical (unpaired) electrons. The first-order chi connectivity index (χ1) is 9.72. The maximum Gasteiger partial charge on any atom is 0.319 e. The maximum absolute atomic E-state index is 11.7. The molecule has 2 heterocycles. The number of benzene rings is 1. The van der Waals surface area contributed by atoms with Gasteiger partial charge in [0.1, 0.15) is 11.4 Å². The molecule has 0 amide bonds. The van der Waals surface area contributed by atoms with Crippen molar-refractivity contribution in [2.45, 2.75) is 36.4 Å². The van der Waals surface area contributed by atoms with Gasteiger partial charge < -0.3 is 4.74 Å². The van der Waals surface area contributed by atoms with E-state index in [-0.39, 0.29) is 17.3 Å². The van der Waals surface area contributed by atoms with E-state index in [1.165, 1.54) is 11.8 Å². The summed E-state index contributed by atoms with van der Waals surface area (Å²) in [6.07, 6.45) is 0.667. The molecule has 0 bridgehead atoms. The Morgan fingerprint density at radius 1 is 1.40 bits per heavy atom. The number of hydrogen-bond acceptors (Lipinski definition) is 6. The number of carbonyl (C=O) groups is 1. The first-order valence-corrected chi connectivity index (χ1v) is 7.27. The molecule has 104 valence electrons. The summed E-state index contributed by atoms with van der Waals surface area (Å²) >= 11 is 1.37. The summed E-state index contributed by atoms with van der Waals surface area (Å²) in [7, 11) is 0. The second kappa shape index (κ2) is 5.62. The molecule has 0 saturated carbocycles. The first-order valence-electron chi connectivity index (χ1n) is 6.39. The highest BCUT2D eigenvalue weighted by Gasteiger charge is 2.34. The van der Waals surface area contributed by atoms with E-state index in [4.69, 9.17) is 4.74 Å². The number of aromatic nitrogens is 4.